The molecule has 9 unspecified atom stereocenters. The van der Waals surface area contributed by atoms with E-state index in [-0.39, 0.29) is 0 Å². The molecule has 3 saturated heterocycles. The van der Waals surface area contributed by atoms with Crippen LogP contribution in [0.15, 0.2) is 30.3 Å². The van der Waals surface area contributed by atoms with Gasteiger partial charge in [0.2, 0.25) is 0 Å². The van der Waals surface area contributed by atoms with Crippen molar-refractivity contribution in [3.05, 3.63) is 30.3 Å². The van der Waals surface area contributed by atoms with E-state index in [1.807, 2.05) is 0 Å². The Morgan fingerprint density at radius 3 is 1.43 bits per heavy atom. The van der Waals surface area contributed by atoms with Gasteiger partial charge in [-0.25, -0.2) is 0 Å². The van der Waals surface area contributed by atoms with Crippen molar-refractivity contribution < 1.29 is 14.2 Å². The SMILES string of the molecule is c1ccc([Si](C2CCCC3OC32)(C2CCCC3OC32)C2CCCC3OC32)cc1. The lowest BCUT2D eigenvalue weighted by molar-refractivity contribution is 0.352. The molecule has 0 N–H and O–H groups in total. The van der Waals surface area contributed by atoms with Crippen LogP contribution in [-0.2, 0) is 14.2 Å². The zero-order valence-corrected chi connectivity index (χ0v) is 17.7. The Hall–Kier alpha value is -0.683. The van der Waals surface area contributed by atoms with E-state index in [2.05, 4.69) is 30.3 Å². The summed E-state index contributed by atoms with van der Waals surface area (Å²) in [6, 6.07) is 11.8. The number of fused-ring (bicyclic) bond motifs is 3. The summed E-state index contributed by atoms with van der Waals surface area (Å²) >= 11 is 0. The average molecular weight is 397 g/mol. The van der Waals surface area contributed by atoms with Crippen molar-refractivity contribution in [3.8, 4) is 0 Å². The van der Waals surface area contributed by atoms with Gasteiger partial charge in [0, 0.05) is 0 Å². The fourth-order valence-electron chi connectivity index (χ4n) is 8.06. The third-order valence-electron chi connectivity index (χ3n) is 9.18. The molecule has 3 saturated carbocycles. The van der Waals surface area contributed by atoms with E-state index in [0.29, 0.717) is 36.6 Å². The number of hydrogen-bond donors (Lipinski definition) is 0. The quantitative estimate of drug-likeness (QED) is 0.562. The van der Waals surface area contributed by atoms with Crippen molar-refractivity contribution in [1.82, 2.24) is 0 Å². The van der Waals surface area contributed by atoms with Crippen LogP contribution in [0.3, 0.4) is 0 Å². The van der Waals surface area contributed by atoms with Crippen LogP contribution in [0.1, 0.15) is 57.8 Å². The summed E-state index contributed by atoms with van der Waals surface area (Å²) in [5.74, 6) is 0. The van der Waals surface area contributed by atoms with Crippen LogP contribution in [0.2, 0.25) is 16.6 Å². The lowest BCUT2D eigenvalue weighted by Crippen LogP contribution is -2.64. The third kappa shape index (κ3) is 2.38. The first kappa shape index (κ1) is 17.0. The maximum absolute atomic E-state index is 6.35. The molecule has 1 aromatic carbocycles. The van der Waals surface area contributed by atoms with E-state index in [4.69, 9.17) is 14.2 Å². The number of hydrogen-bond acceptors (Lipinski definition) is 3. The molecule has 0 amide bonds. The summed E-state index contributed by atoms with van der Waals surface area (Å²) in [6.07, 6.45) is 15.4. The lowest BCUT2D eigenvalue weighted by Gasteiger charge is -2.51. The zero-order valence-electron chi connectivity index (χ0n) is 16.7. The molecule has 1 aromatic rings. The fraction of sp³-hybridized carbons (Fsp3) is 0.750. The van der Waals surface area contributed by atoms with Gasteiger partial charge < -0.3 is 14.2 Å². The molecule has 0 radical (unpaired) electrons. The Kier molecular flexibility index (Phi) is 3.75. The van der Waals surface area contributed by atoms with Gasteiger partial charge in [0.25, 0.3) is 0 Å². The molecule has 4 heteroatoms. The van der Waals surface area contributed by atoms with E-state index in [1.54, 1.807) is 5.19 Å². The molecular weight excluding hydrogens is 364 g/mol. The molecule has 0 aromatic heterocycles. The van der Waals surface area contributed by atoms with E-state index in [0.717, 1.165) is 16.6 Å². The molecule has 0 spiro atoms. The van der Waals surface area contributed by atoms with Crippen LogP contribution in [-0.4, -0.2) is 44.7 Å². The molecule has 3 aliphatic heterocycles. The van der Waals surface area contributed by atoms with Gasteiger partial charge in [0.15, 0.2) is 0 Å². The summed E-state index contributed by atoms with van der Waals surface area (Å²) in [4.78, 5) is 0. The highest BCUT2D eigenvalue weighted by Gasteiger charge is 2.70. The normalized spacial score (nSPS) is 50.5. The highest BCUT2D eigenvalue weighted by molar-refractivity contribution is 6.96. The van der Waals surface area contributed by atoms with Gasteiger partial charge in [-0.15, -0.1) is 0 Å². The molecule has 150 valence electrons. The number of benzene rings is 1. The van der Waals surface area contributed by atoms with Gasteiger partial charge >= 0.3 is 0 Å². The van der Waals surface area contributed by atoms with Crippen LogP contribution < -0.4 is 5.19 Å². The summed E-state index contributed by atoms with van der Waals surface area (Å²) < 4.78 is 19.1. The first-order chi connectivity index (χ1) is 13.9. The summed E-state index contributed by atoms with van der Waals surface area (Å²) in [6.45, 7) is 0. The monoisotopic (exact) mass is 396 g/mol. The predicted molar refractivity (Wildman–Crippen MR) is 111 cm³/mol. The fourth-order valence-corrected chi connectivity index (χ4v) is 16.3. The van der Waals surface area contributed by atoms with Gasteiger partial charge in [-0.1, -0.05) is 54.8 Å². The molecule has 28 heavy (non-hydrogen) atoms. The first-order valence-corrected chi connectivity index (χ1v) is 14.1. The Bertz CT molecular complexity index is 684. The number of epoxide rings is 3. The smallest absolute Gasteiger partial charge is 0.104 e. The summed E-state index contributed by atoms with van der Waals surface area (Å²) in [5, 5.41) is 1.71. The van der Waals surface area contributed by atoms with Crippen molar-refractivity contribution in [2.75, 3.05) is 0 Å². The number of rotatable bonds is 4. The van der Waals surface area contributed by atoms with Gasteiger partial charge in [-0.05, 0) is 55.1 Å². The van der Waals surface area contributed by atoms with E-state index < -0.39 is 8.07 Å². The van der Waals surface area contributed by atoms with Crippen LogP contribution in [0.4, 0.5) is 0 Å². The molecule has 7 rings (SSSR count). The first-order valence-electron chi connectivity index (χ1n) is 11.9. The number of ether oxygens (including phenoxy) is 3. The maximum atomic E-state index is 6.35. The summed E-state index contributed by atoms with van der Waals surface area (Å²) in [5.41, 5.74) is 2.32. The standard InChI is InChI=1S/C24H32O3Si/c1-2-7-15(8-3-1)28(19-12-4-9-16-22(19)25-16,20-13-5-10-17-23(20)26-17)21-14-6-11-18-24(21)27-18/h1-3,7-8,16-24H,4-6,9-14H2. The molecular formula is C24H32O3Si. The maximum Gasteiger partial charge on any atom is 0.104 e. The second-order valence-electron chi connectivity index (χ2n) is 10.3. The minimum absolute atomic E-state index is 0.541. The highest BCUT2D eigenvalue weighted by Crippen LogP contribution is 2.64. The Morgan fingerprint density at radius 1 is 0.571 bits per heavy atom. The minimum Gasteiger partial charge on any atom is -0.370 e. The Labute approximate surface area is 169 Å². The van der Waals surface area contributed by atoms with E-state index >= 15 is 0 Å². The van der Waals surface area contributed by atoms with Crippen molar-refractivity contribution >= 4 is 13.3 Å². The zero-order chi connectivity index (χ0) is 18.3. The largest absolute Gasteiger partial charge is 0.370 e. The average Bonchev–Trinajstić information content (AvgIpc) is 3.62. The predicted octanol–water partition coefficient (Wildman–Crippen LogP) is 4.31. The molecule has 6 aliphatic rings. The molecule has 0 bridgehead atoms. The molecule has 3 heterocycles. The molecule has 9 atom stereocenters. The second-order valence-corrected chi connectivity index (χ2v) is 15.0. The third-order valence-corrected chi connectivity index (χ3v) is 16.0. The van der Waals surface area contributed by atoms with E-state index in [9.17, 15) is 0 Å². The molecule has 3 aliphatic carbocycles. The second kappa shape index (κ2) is 6.16. The van der Waals surface area contributed by atoms with Crippen LogP contribution in [0.25, 0.3) is 0 Å². The van der Waals surface area contributed by atoms with Crippen molar-refractivity contribution in [2.24, 2.45) is 0 Å². The van der Waals surface area contributed by atoms with Crippen molar-refractivity contribution in [1.29, 1.82) is 0 Å². The van der Waals surface area contributed by atoms with Gasteiger partial charge in [0.05, 0.1) is 36.6 Å². The van der Waals surface area contributed by atoms with Crippen LogP contribution in [0.5, 0.6) is 0 Å². The minimum atomic E-state index is -1.91. The lowest BCUT2D eigenvalue weighted by atomic mass is 9.98. The molecule has 6 fully saturated rings. The topological polar surface area (TPSA) is 37.6 Å². The van der Waals surface area contributed by atoms with Crippen molar-refractivity contribution in [3.63, 3.8) is 0 Å². The Balaban J connectivity index is 1.41. The Morgan fingerprint density at radius 2 is 1.00 bits per heavy atom. The van der Waals surface area contributed by atoms with Crippen LogP contribution in [0, 0.1) is 0 Å². The van der Waals surface area contributed by atoms with Gasteiger partial charge in [-0.3, -0.25) is 0 Å². The molecule has 3 nitrogen and oxygen atoms in total. The van der Waals surface area contributed by atoms with Gasteiger partial charge in [0.1, 0.15) is 8.07 Å². The highest BCUT2D eigenvalue weighted by atomic mass is 28.3. The van der Waals surface area contributed by atoms with Crippen LogP contribution >= 0.6 is 0 Å². The van der Waals surface area contributed by atoms with Crippen molar-refractivity contribution in [2.45, 2.75) is 111 Å². The summed E-state index contributed by atoms with van der Waals surface area (Å²) in [7, 11) is -1.91. The van der Waals surface area contributed by atoms with E-state index in [1.165, 1.54) is 57.8 Å². The van der Waals surface area contributed by atoms with Gasteiger partial charge in [-0.2, -0.15) is 0 Å².